The zero-order valence-corrected chi connectivity index (χ0v) is 18.8. The smallest absolute Gasteiger partial charge is 0.383 e. The van der Waals surface area contributed by atoms with Crippen LogP contribution in [0.5, 0.6) is 0 Å². The molecule has 2 aliphatic heterocycles. The maximum Gasteiger partial charge on any atom is 0.433 e. The lowest BCUT2D eigenvalue weighted by Gasteiger charge is -2.41. The summed E-state index contributed by atoms with van der Waals surface area (Å²) in [6.07, 6.45) is -3.42. The first kappa shape index (κ1) is 22.8. The Morgan fingerprint density at radius 1 is 1.18 bits per heavy atom. The van der Waals surface area contributed by atoms with Gasteiger partial charge >= 0.3 is 6.18 Å². The third-order valence-corrected chi connectivity index (χ3v) is 6.50. The Kier molecular flexibility index (Phi) is 5.62. The van der Waals surface area contributed by atoms with Gasteiger partial charge in [0.25, 0.3) is 5.91 Å². The summed E-state index contributed by atoms with van der Waals surface area (Å²) in [6, 6.07) is 4.53. The predicted octanol–water partition coefficient (Wildman–Crippen LogP) is 4.52. The third-order valence-electron chi connectivity index (χ3n) is 6.19. The highest BCUT2D eigenvalue weighted by Gasteiger charge is 2.37. The number of rotatable bonds is 2. The van der Waals surface area contributed by atoms with Crippen LogP contribution in [0.3, 0.4) is 0 Å². The third kappa shape index (κ3) is 3.85. The Bertz CT molecular complexity index is 1280. The van der Waals surface area contributed by atoms with Crippen LogP contribution in [0.25, 0.3) is 10.9 Å². The van der Waals surface area contributed by atoms with Gasteiger partial charge in [-0.1, -0.05) is 17.7 Å². The Balaban J connectivity index is 1.55. The van der Waals surface area contributed by atoms with Crippen molar-refractivity contribution in [2.75, 3.05) is 18.9 Å². The van der Waals surface area contributed by atoms with E-state index in [0.29, 0.717) is 30.1 Å². The second-order valence-electron chi connectivity index (χ2n) is 8.39. The summed E-state index contributed by atoms with van der Waals surface area (Å²) in [4.78, 5) is 23.3. The molecule has 178 valence electrons. The summed E-state index contributed by atoms with van der Waals surface area (Å²) in [6.45, 7) is 2.91. The summed E-state index contributed by atoms with van der Waals surface area (Å²) in [5.74, 6) is 0.00361. The van der Waals surface area contributed by atoms with E-state index in [1.54, 1.807) is 17.0 Å². The number of nitrogen functional groups attached to an aromatic ring is 1. The van der Waals surface area contributed by atoms with Gasteiger partial charge in [-0.05, 0) is 36.2 Å². The molecule has 1 aromatic carbocycles. The summed E-state index contributed by atoms with van der Waals surface area (Å²) >= 11 is 6.50. The highest BCUT2D eigenvalue weighted by Crippen LogP contribution is 2.36. The van der Waals surface area contributed by atoms with Crippen molar-refractivity contribution in [3.05, 3.63) is 63.4 Å². The maximum absolute atomic E-state index is 13.8. The van der Waals surface area contributed by atoms with Gasteiger partial charge < -0.3 is 20.1 Å². The first-order chi connectivity index (χ1) is 16.1. The fourth-order valence-electron chi connectivity index (χ4n) is 4.48. The number of pyridine rings is 2. The Hall–Kier alpha value is -2.95. The molecule has 11 heteroatoms. The monoisotopic (exact) mass is 492 g/mol. The number of nitrogens with zero attached hydrogens (tertiary/aromatic N) is 3. The van der Waals surface area contributed by atoms with Crippen LogP contribution in [-0.4, -0.2) is 40.0 Å². The van der Waals surface area contributed by atoms with Crippen molar-refractivity contribution in [1.29, 1.82) is 0 Å². The molecule has 1 fully saturated rings. The molecular formula is C23H20ClF3N4O3. The first-order valence-corrected chi connectivity index (χ1v) is 10.9. The molecule has 34 heavy (non-hydrogen) atoms. The zero-order valence-electron chi connectivity index (χ0n) is 18.0. The van der Waals surface area contributed by atoms with Gasteiger partial charge in [0.15, 0.2) is 0 Å². The summed E-state index contributed by atoms with van der Waals surface area (Å²) in [7, 11) is 0. The number of hydrogen-bond donors (Lipinski definition) is 1. The van der Waals surface area contributed by atoms with Crippen LogP contribution < -0.4 is 5.73 Å². The maximum atomic E-state index is 13.8. The summed E-state index contributed by atoms with van der Waals surface area (Å²) < 4.78 is 50.0. The van der Waals surface area contributed by atoms with Gasteiger partial charge in [-0.2, -0.15) is 13.2 Å². The van der Waals surface area contributed by atoms with E-state index in [0.717, 1.165) is 28.8 Å². The average Bonchev–Trinajstić information content (AvgIpc) is 3.29. The number of nitrogens with two attached hydrogens (primary N) is 1. The van der Waals surface area contributed by atoms with Crippen molar-refractivity contribution < 1.29 is 27.4 Å². The minimum absolute atomic E-state index is 0.121. The van der Waals surface area contributed by atoms with Crippen molar-refractivity contribution >= 4 is 34.2 Å². The van der Waals surface area contributed by atoms with Gasteiger partial charge in [-0.25, -0.2) is 4.98 Å². The van der Waals surface area contributed by atoms with Crippen molar-refractivity contribution in [2.45, 2.75) is 38.4 Å². The van der Waals surface area contributed by atoms with Gasteiger partial charge in [-0.15, -0.1) is 0 Å². The first-order valence-electron chi connectivity index (χ1n) is 10.6. The molecule has 0 bridgehead atoms. The van der Waals surface area contributed by atoms with Crippen LogP contribution in [0.4, 0.5) is 19.0 Å². The SMILES string of the molecule is C[C@@H]1COC[C@H](c2ccc(C(F)(F)F)nc2)N1C(=O)c1cc2c3c(c(N)nc2cc1Cl)COC3. The predicted molar refractivity (Wildman–Crippen MR) is 118 cm³/mol. The van der Waals surface area contributed by atoms with E-state index in [1.807, 2.05) is 6.92 Å². The molecule has 0 saturated carbocycles. The van der Waals surface area contributed by atoms with E-state index >= 15 is 0 Å². The van der Waals surface area contributed by atoms with Crippen molar-refractivity contribution in [3.8, 4) is 0 Å². The van der Waals surface area contributed by atoms with Gasteiger partial charge in [-0.3, -0.25) is 9.78 Å². The fraction of sp³-hybridized carbons (Fsp3) is 0.348. The van der Waals surface area contributed by atoms with Crippen LogP contribution in [-0.2, 0) is 28.9 Å². The van der Waals surface area contributed by atoms with E-state index < -0.39 is 17.9 Å². The minimum atomic E-state index is -4.55. The lowest BCUT2D eigenvalue weighted by atomic mass is 9.99. The molecule has 1 amide bonds. The lowest BCUT2D eigenvalue weighted by molar-refractivity contribution is -0.141. The van der Waals surface area contributed by atoms with E-state index in [-0.39, 0.29) is 35.7 Å². The molecule has 0 spiro atoms. The molecule has 2 atom stereocenters. The van der Waals surface area contributed by atoms with Crippen molar-refractivity contribution in [3.63, 3.8) is 0 Å². The second kappa shape index (κ2) is 8.37. The second-order valence-corrected chi connectivity index (χ2v) is 8.79. The van der Waals surface area contributed by atoms with E-state index in [1.165, 1.54) is 6.07 Å². The number of carbonyl (C=O) groups excluding carboxylic acids is 1. The highest BCUT2D eigenvalue weighted by atomic mass is 35.5. The molecule has 7 nitrogen and oxygen atoms in total. The van der Waals surface area contributed by atoms with Crippen LogP contribution in [0.2, 0.25) is 5.02 Å². The van der Waals surface area contributed by atoms with Gasteiger partial charge in [0.05, 0.1) is 54.6 Å². The molecule has 4 heterocycles. The molecule has 3 aromatic rings. The standard InChI is InChI=1S/C23H20ClF3N4O3/c1-11-7-33-10-19(12-2-3-20(29-6-12)23(25,26)27)31(11)22(32)14-4-13-15-8-34-9-16(15)21(28)30-18(13)5-17(14)24/h2-6,11,19H,7-10H2,1H3,(H2,28,30)/t11-,19-/m1/s1. The van der Waals surface area contributed by atoms with Crippen molar-refractivity contribution in [2.24, 2.45) is 0 Å². The molecular weight excluding hydrogens is 473 g/mol. The van der Waals surface area contributed by atoms with Crippen LogP contribution in [0, 0.1) is 0 Å². The normalized spacial score (nSPS) is 20.6. The lowest BCUT2D eigenvalue weighted by Crippen LogP contribution is -2.49. The molecule has 1 saturated heterocycles. The molecule has 0 aliphatic carbocycles. The molecule has 5 rings (SSSR count). The van der Waals surface area contributed by atoms with Gasteiger partial charge in [0.2, 0.25) is 0 Å². The van der Waals surface area contributed by atoms with E-state index in [2.05, 4.69) is 9.97 Å². The zero-order chi connectivity index (χ0) is 24.2. The molecule has 0 unspecified atom stereocenters. The Labute approximate surface area is 197 Å². The number of ether oxygens (including phenoxy) is 2. The molecule has 2 aromatic heterocycles. The van der Waals surface area contributed by atoms with Crippen LogP contribution in [0.15, 0.2) is 30.5 Å². The number of anilines is 1. The van der Waals surface area contributed by atoms with Crippen LogP contribution in [0.1, 0.15) is 45.7 Å². The number of fused-ring (bicyclic) bond motifs is 3. The van der Waals surface area contributed by atoms with E-state index in [4.69, 9.17) is 26.8 Å². The minimum Gasteiger partial charge on any atom is -0.383 e. The van der Waals surface area contributed by atoms with Gasteiger partial charge in [0, 0.05) is 17.1 Å². The topological polar surface area (TPSA) is 90.6 Å². The fourth-order valence-corrected chi connectivity index (χ4v) is 4.72. The summed E-state index contributed by atoms with van der Waals surface area (Å²) in [5.41, 5.74) is 7.95. The van der Waals surface area contributed by atoms with Crippen molar-refractivity contribution in [1.82, 2.24) is 14.9 Å². The average molecular weight is 493 g/mol. The summed E-state index contributed by atoms with van der Waals surface area (Å²) in [5, 5.41) is 0.925. The molecule has 0 radical (unpaired) electrons. The van der Waals surface area contributed by atoms with E-state index in [9.17, 15) is 18.0 Å². The number of alkyl halides is 3. The van der Waals surface area contributed by atoms with Crippen LogP contribution >= 0.6 is 11.6 Å². The number of halogens is 4. The molecule has 2 aliphatic rings. The molecule has 2 N–H and O–H groups in total. The quantitative estimate of drug-likeness (QED) is 0.566. The Morgan fingerprint density at radius 2 is 1.94 bits per heavy atom. The number of morpholine rings is 1. The number of hydrogen-bond acceptors (Lipinski definition) is 6. The highest BCUT2D eigenvalue weighted by molar-refractivity contribution is 6.34. The number of carbonyl (C=O) groups is 1. The number of benzene rings is 1. The Morgan fingerprint density at radius 3 is 2.65 bits per heavy atom. The number of aromatic nitrogens is 2. The number of amides is 1. The largest absolute Gasteiger partial charge is 0.433 e. The van der Waals surface area contributed by atoms with Gasteiger partial charge in [0.1, 0.15) is 11.5 Å².